The Balaban J connectivity index is 0.000000170. The summed E-state index contributed by atoms with van der Waals surface area (Å²) in [6, 6.07) is 51.6. The summed E-state index contributed by atoms with van der Waals surface area (Å²) >= 11 is 0. The predicted molar refractivity (Wildman–Crippen MR) is 345 cm³/mol. The smallest absolute Gasteiger partial charge is 0.337 e. The highest BCUT2D eigenvalue weighted by atomic mass is 32.1. The Bertz CT molecular complexity index is 3420. The maximum Gasteiger partial charge on any atom is 0.337 e. The SMILES string of the molecule is COC(=O)c1ccc2c(c1)C[C@@]1(CC2)CCN(c2ccc(Oc3ccccc3)cc2)C1=O.COC(=O)c1ccc2c(c1)C[C@]1(CCNC1=O)CC2.O=C(CO)c1ccc2c(c1)C[C@@]1(CC2)CCN(c2ccc(Oc3ccccc3)cc2)C1=O.S.S.S. The number of benzene rings is 7. The molecule has 0 saturated carbocycles. The lowest BCUT2D eigenvalue weighted by molar-refractivity contribution is -0.128. The zero-order valence-corrected chi connectivity index (χ0v) is 51.3. The highest BCUT2D eigenvalue weighted by Gasteiger charge is 2.50. The van der Waals surface area contributed by atoms with Crippen molar-refractivity contribution >= 4 is 87.3 Å². The molecular weight excluding hydrogens is 1140 g/mol. The van der Waals surface area contributed by atoms with Crippen LogP contribution in [0.25, 0.3) is 0 Å². The Labute approximate surface area is 522 Å². The van der Waals surface area contributed by atoms with E-state index in [0.717, 1.165) is 122 Å². The van der Waals surface area contributed by atoms with Crippen LogP contribution in [-0.2, 0) is 62.4 Å². The number of anilines is 2. The minimum Gasteiger partial charge on any atom is -0.465 e. The number of rotatable bonds is 10. The summed E-state index contributed by atoms with van der Waals surface area (Å²) in [6.07, 6.45) is 9.69. The minimum atomic E-state index is -0.499. The van der Waals surface area contributed by atoms with Crippen molar-refractivity contribution in [2.75, 3.05) is 50.3 Å². The van der Waals surface area contributed by atoms with Gasteiger partial charge in [0.05, 0.1) is 41.6 Å². The molecule has 3 heterocycles. The lowest BCUT2D eigenvalue weighted by Crippen LogP contribution is -2.38. The molecule has 7 aromatic rings. The standard InChI is InChI=1S/2C27H25NO4.C15H17NO3.3H2S/c1-31-25(29)20-8-7-19-13-14-27(18-21(19)17-20)15-16-28(26(27)30)22-9-11-24(12-10-22)32-23-5-3-2-4-6-23;29-18-25(30)20-7-6-19-12-13-27(17-21(19)16-20)14-15-28(26(27)31)22-8-10-24(11-9-22)32-23-4-2-1-3-5-23;1-19-13(17)11-3-2-10-4-5-15(9-12(10)8-11)6-7-16-14(15)18;;;/h2-12,17H,13-16,18H2,1H3;1-11,16,29H,12-15,17-18H2;2-3,8H,4-7,9H2,1H3,(H,16,18);3*1H2/t2*27-;15-;;;/m111.../s1. The van der Waals surface area contributed by atoms with Crippen molar-refractivity contribution in [1.82, 2.24) is 5.32 Å². The number of fused-ring (bicyclic) bond motifs is 3. The first kappa shape index (κ1) is 64.2. The molecule has 14 nitrogen and oxygen atoms in total. The summed E-state index contributed by atoms with van der Waals surface area (Å²) < 4.78 is 21.3. The fraction of sp³-hybridized carbons (Fsp3) is 0.304. The van der Waals surface area contributed by atoms with E-state index in [4.69, 9.17) is 18.9 Å². The molecule has 3 aliphatic carbocycles. The van der Waals surface area contributed by atoms with Gasteiger partial charge in [0.1, 0.15) is 29.6 Å². The Kier molecular flexibility index (Phi) is 20.7. The molecule has 3 spiro atoms. The van der Waals surface area contributed by atoms with Gasteiger partial charge in [0.2, 0.25) is 17.7 Å². The van der Waals surface area contributed by atoms with Gasteiger partial charge in [0.25, 0.3) is 0 Å². The van der Waals surface area contributed by atoms with E-state index in [2.05, 4.69) is 5.32 Å². The second-order valence-electron chi connectivity index (χ2n) is 22.6. The fourth-order valence-electron chi connectivity index (χ4n) is 13.0. The van der Waals surface area contributed by atoms with Crippen molar-refractivity contribution in [3.8, 4) is 23.0 Å². The van der Waals surface area contributed by atoms with Gasteiger partial charge >= 0.3 is 11.9 Å². The molecular formula is C69H73N3O11S3. The van der Waals surface area contributed by atoms with Crippen LogP contribution in [0.4, 0.5) is 11.4 Å². The molecule has 3 amide bonds. The first-order valence-electron chi connectivity index (χ1n) is 28.5. The molecule has 0 radical (unpaired) electrons. The van der Waals surface area contributed by atoms with Crippen molar-refractivity contribution in [2.45, 2.75) is 77.0 Å². The van der Waals surface area contributed by atoms with Crippen LogP contribution in [0.2, 0.25) is 0 Å². The van der Waals surface area contributed by atoms with Gasteiger partial charge in [-0.15, -0.1) is 0 Å². The molecule has 3 saturated heterocycles. The Morgan fingerprint density at radius 1 is 0.453 bits per heavy atom. The number of nitrogens with one attached hydrogen (secondary N) is 1. The zero-order chi connectivity index (χ0) is 57.7. The minimum absolute atomic E-state index is 0. The third-order valence-corrected chi connectivity index (χ3v) is 17.8. The Hall–Kier alpha value is -7.83. The average molecular weight is 1220 g/mol. The van der Waals surface area contributed by atoms with Crippen molar-refractivity contribution in [1.29, 1.82) is 0 Å². The molecule has 2 N–H and O–H groups in total. The number of amides is 3. The third kappa shape index (κ3) is 13.4. The van der Waals surface area contributed by atoms with Crippen LogP contribution in [0.3, 0.4) is 0 Å². The molecule has 86 heavy (non-hydrogen) atoms. The highest BCUT2D eigenvalue weighted by Crippen LogP contribution is 2.48. The summed E-state index contributed by atoms with van der Waals surface area (Å²) in [5.74, 6) is 2.56. The van der Waals surface area contributed by atoms with Crippen LogP contribution >= 0.6 is 40.5 Å². The number of methoxy groups -OCH3 is 2. The van der Waals surface area contributed by atoms with Gasteiger partial charge in [0, 0.05) is 36.6 Å². The van der Waals surface area contributed by atoms with Gasteiger partial charge in [-0.05, 0) is 214 Å². The molecule has 17 heteroatoms. The van der Waals surface area contributed by atoms with E-state index in [1.165, 1.54) is 30.9 Å². The lowest BCUT2D eigenvalue weighted by atomic mass is 9.70. The molecule has 448 valence electrons. The summed E-state index contributed by atoms with van der Waals surface area (Å²) in [5, 5.41) is 12.1. The second-order valence-corrected chi connectivity index (χ2v) is 22.6. The largest absolute Gasteiger partial charge is 0.465 e. The van der Waals surface area contributed by atoms with Crippen LogP contribution in [0.15, 0.2) is 164 Å². The summed E-state index contributed by atoms with van der Waals surface area (Å²) in [6.45, 7) is 1.65. The number of carbonyl (C=O) groups excluding carboxylic acids is 6. The van der Waals surface area contributed by atoms with Crippen LogP contribution < -0.4 is 24.6 Å². The maximum atomic E-state index is 13.5. The molecule has 3 aliphatic heterocycles. The second kappa shape index (κ2) is 27.7. The highest BCUT2D eigenvalue weighted by molar-refractivity contribution is 7.59. The normalized spacial score (nSPS) is 20.2. The monoisotopic (exact) mass is 1220 g/mol. The van der Waals surface area contributed by atoms with Crippen molar-refractivity contribution in [3.05, 3.63) is 214 Å². The van der Waals surface area contributed by atoms with E-state index in [9.17, 15) is 33.9 Å². The van der Waals surface area contributed by atoms with E-state index < -0.39 is 17.4 Å². The van der Waals surface area contributed by atoms with Gasteiger partial charge in [-0.3, -0.25) is 19.2 Å². The zero-order valence-electron chi connectivity index (χ0n) is 48.3. The van der Waals surface area contributed by atoms with E-state index in [-0.39, 0.29) is 81.3 Å². The van der Waals surface area contributed by atoms with Crippen LogP contribution in [-0.4, -0.2) is 81.0 Å². The molecule has 3 fully saturated rings. The van der Waals surface area contributed by atoms with Gasteiger partial charge in [-0.2, -0.15) is 40.5 Å². The number of para-hydroxylation sites is 2. The van der Waals surface area contributed by atoms with Crippen LogP contribution in [0.5, 0.6) is 23.0 Å². The summed E-state index contributed by atoms with van der Waals surface area (Å²) in [5.41, 5.74) is 9.23. The van der Waals surface area contributed by atoms with Crippen molar-refractivity contribution < 1.29 is 52.8 Å². The topological polar surface area (TPSA) is 178 Å². The van der Waals surface area contributed by atoms with Crippen LogP contribution in [0, 0.1) is 16.2 Å². The molecule has 13 rings (SSSR count). The number of aliphatic hydroxyl groups is 1. The first-order chi connectivity index (χ1) is 40.3. The molecule has 6 aliphatic rings. The quantitative estimate of drug-likeness (QED) is 0.0983. The van der Waals surface area contributed by atoms with E-state index in [0.29, 0.717) is 42.6 Å². The van der Waals surface area contributed by atoms with Crippen LogP contribution in [0.1, 0.15) is 103 Å². The van der Waals surface area contributed by atoms with Crippen molar-refractivity contribution in [3.63, 3.8) is 0 Å². The number of Topliss-reactive ketones (excluding diaryl/α,β-unsaturated/α-hetero) is 1. The number of hydrogen-bond donors (Lipinski definition) is 2. The Morgan fingerprint density at radius 3 is 1.21 bits per heavy atom. The van der Waals surface area contributed by atoms with E-state index in [1.54, 1.807) is 12.1 Å². The maximum absolute atomic E-state index is 13.5. The van der Waals surface area contributed by atoms with E-state index >= 15 is 0 Å². The number of aliphatic hydroxyl groups excluding tert-OH is 1. The number of ketones is 1. The molecule has 0 unspecified atom stereocenters. The third-order valence-electron chi connectivity index (χ3n) is 17.8. The molecule has 0 bridgehead atoms. The molecule has 0 aromatic heterocycles. The number of hydrogen-bond acceptors (Lipinski definition) is 11. The van der Waals surface area contributed by atoms with Gasteiger partial charge in [-0.25, -0.2) is 9.59 Å². The predicted octanol–water partition coefficient (Wildman–Crippen LogP) is 11.5. The fourth-order valence-corrected chi connectivity index (χ4v) is 13.0. The Morgan fingerprint density at radius 2 is 0.826 bits per heavy atom. The number of carbonyl (C=O) groups is 6. The van der Waals surface area contributed by atoms with Gasteiger partial charge in [-0.1, -0.05) is 60.7 Å². The summed E-state index contributed by atoms with van der Waals surface area (Å²) in [7, 11) is 2.77. The van der Waals surface area contributed by atoms with Crippen molar-refractivity contribution in [2.24, 2.45) is 16.2 Å². The number of nitrogens with zero attached hydrogens (tertiary/aromatic N) is 2. The van der Waals surface area contributed by atoms with Gasteiger partial charge in [0.15, 0.2) is 5.78 Å². The number of ether oxygens (including phenoxy) is 4. The number of esters is 2. The summed E-state index contributed by atoms with van der Waals surface area (Å²) in [4.78, 5) is 78.3. The number of aryl methyl sites for hydroxylation is 3. The van der Waals surface area contributed by atoms with Gasteiger partial charge < -0.3 is 39.2 Å². The average Bonchev–Trinajstić information content (AvgIpc) is 4.11. The van der Waals surface area contributed by atoms with E-state index in [1.807, 2.05) is 161 Å². The molecule has 7 aromatic carbocycles. The molecule has 3 atom stereocenters. The lowest BCUT2D eigenvalue weighted by Gasteiger charge is -2.33. The first-order valence-corrected chi connectivity index (χ1v) is 28.5.